The predicted molar refractivity (Wildman–Crippen MR) is 130 cm³/mol. The fourth-order valence-electron chi connectivity index (χ4n) is 3.38. The van der Waals surface area contributed by atoms with Crippen LogP contribution in [-0.2, 0) is 22.4 Å². The van der Waals surface area contributed by atoms with Crippen molar-refractivity contribution < 1.29 is 24.2 Å². The van der Waals surface area contributed by atoms with E-state index in [2.05, 4.69) is 22.8 Å². The number of imide groups is 1. The molecule has 0 aromatic heterocycles. The van der Waals surface area contributed by atoms with E-state index in [1.54, 1.807) is 0 Å². The third-order valence-electron chi connectivity index (χ3n) is 5.22. The molecule has 0 radical (unpaired) electrons. The Balaban J connectivity index is 1.25. The molecule has 33 heavy (non-hydrogen) atoms. The molecule has 1 saturated heterocycles. The van der Waals surface area contributed by atoms with E-state index in [0.29, 0.717) is 32.8 Å². The van der Waals surface area contributed by atoms with Gasteiger partial charge in [0.2, 0.25) is 5.91 Å². The first kappa shape index (κ1) is 25.2. The second-order valence-corrected chi connectivity index (χ2v) is 9.34. The van der Waals surface area contributed by atoms with E-state index in [1.165, 1.54) is 5.56 Å². The van der Waals surface area contributed by atoms with Crippen LogP contribution in [0.2, 0.25) is 0 Å². The summed E-state index contributed by atoms with van der Waals surface area (Å²) < 4.78 is 11.4. The summed E-state index contributed by atoms with van der Waals surface area (Å²) in [6.45, 7) is 3.82. The second-order valence-electron chi connectivity index (χ2n) is 8.17. The molecule has 1 aliphatic rings. The second kappa shape index (κ2) is 13.3. The van der Waals surface area contributed by atoms with E-state index < -0.39 is 6.10 Å². The number of aryl methyl sites for hydroxylation is 1. The molecule has 1 fully saturated rings. The number of aliphatic hydroxyl groups excluding tert-OH is 1. The number of rotatable bonds is 14. The maximum atomic E-state index is 11.7. The van der Waals surface area contributed by atoms with Gasteiger partial charge < -0.3 is 19.9 Å². The minimum Gasteiger partial charge on any atom is -0.492 e. The first-order valence-corrected chi connectivity index (χ1v) is 12.1. The Labute approximate surface area is 199 Å². The van der Waals surface area contributed by atoms with Crippen molar-refractivity contribution in [3.63, 3.8) is 0 Å². The van der Waals surface area contributed by atoms with Gasteiger partial charge in [-0.1, -0.05) is 54.2 Å². The number of carbonyl (C=O) groups is 2. The van der Waals surface area contributed by atoms with Crippen molar-refractivity contribution in [1.82, 2.24) is 10.6 Å². The van der Waals surface area contributed by atoms with Crippen LogP contribution in [0.1, 0.15) is 24.5 Å². The minimum absolute atomic E-state index is 0.0574. The Morgan fingerprint density at radius 2 is 1.82 bits per heavy atom. The largest absolute Gasteiger partial charge is 0.492 e. The van der Waals surface area contributed by atoms with E-state index >= 15 is 0 Å². The van der Waals surface area contributed by atoms with Crippen LogP contribution in [0, 0.1) is 0 Å². The average Bonchev–Trinajstić information content (AvgIpc) is 3.14. The van der Waals surface area contributed by atoms with E-state index in [0.717, 1.165) is 35.9 Å². The molecule has 178 valence electrons. The molecule has 2 aromatic rings. The molecular formula is C25H32N2O5S. The lowest BCUT2D eigenvalue weighted by molar-refractivity contribution is -0.118. The van der Waals surface area contributed by atoms with E-state index in [1.807, 2.05) is 49.4 Å². The van der Waals surface area contributed by atoms with Gasteiger partial charge in [-0.2, -0.15) is 0 Å². The summed E-state index contributed by atoms with van der Waals surface area (Å²) in [6, 6.07) is 17.9. The van der Waals surface area contributed by atoms with Gasteiger partial charge in [-0.3, -0.25) is 14.9 Å². The first-order valence-electron chi connectivity index (χ1n) is 11.3. The number of hydrogen-bond acceptors (Lipinski definition) is 7. The van der Waals surface area contributed by atoms with Gasteiger partial charge in [0.15, 0.2) is 0 Å². The Morgan fingerprint density at radius 1 is 1.06 bits per heavy atom. The van der Waals surface area contributed by atoms with Crippen LogP contribution in [0.4, 0.5) is 4.79 Å². The van der Waals surface area contributed by atoms with Crippen molar-refractivity contribution >= 4 is 22.9 Å². The Kier molecular flexibility index (Phi) is 10.2. The first-order chi connectivity index (χ1) is 16.0. The predicted octanol–water partition coefficient (Wildman–Crippen LogP) is 2.95. The van der Waals surface area contributed by atoms with Gasteiger partial charge in [0.05, 0.1) is 18.0 Å². The average molecular weight is 473 g/mol. The number of benzene rings is 2. The Hall–Kier alpha value is -2.39. The summed E-state index contributed by atoms with van der Waals surface area (Å²) in [6.07, 6.45) is 1.84. The van der Waals surface area contributed by atoms with Gasteiger partial charge >= 0.3 is 0 Å². The number of hydrogen-bond donors (Lipinski definition) is 3. The van der Waals surface area contributed by atoms with Crippen LogP contribution in [-0.4, -0.2) is 60.0 Å². The zero-order valence-corrected chi connectivity index (χ0v) is 19.7. The fraction of sp³-hybridized carbons (Fsp3) is 0.440. The lowest BCUT2D eigenvalue weighted by Gasteiger charge is -2.18. The molecule has 2 aromatic carbocycles. The molecule has 8 heteroatoms. The van der Waals surface area contributed by atoms with Gasteiger partial charge in [-0.25, -0.2) is 0 Å². The van der Waals surface area contributed by atoms with Gasteiger partial charge in [0, 0.05) is 19.2 Å². The minimum atomic E-state index is -0.569. The SMILES string of the molecule is CC(COc1ccc(CC2SC(=O)NC2=O)cc1)NCC(O)COCCCc1ccccc1. The molecule has 3 N–H and O–H groups in total. The van der Waals surface area contributed by atoms with Crippen molar-refractivity contribution in [3.05, 3.63) is 65.7 Å². The molecule has 2 amide bonds. The quantitative estimate of drug-likeness (QED) is 0.364. The summed E-state index contributed by atoms with van der Waals surface area (Å²) in [4.78, 5) is 22.9. The zero-order valence-electron chi connectivity index (χ0n) is 18.9. The summed E-state index contributed by atoms with van der Waals surface area (Å²) in [5.74, 6) is 0.499. The summed E-state index contributed by atoms with van der Waals surface area (Å²) >= 11 is 1.03. The van der Waals surface area contributed by atoms with Crippen LogP contribution < -0.4 is 15.4 Å². The molecule has 1 heterocycles. The van der Waals surface area contributed by atoms with Crippen molar-refractivity contribution in [1.29, 1.82) is 0 Å². The Bertz CT molecular complexity index is 878. The highest BCUT2D eigenvalue weighted by Crippen LogP contribution is 2.23. The fourth-order valence-corrected chi connectivity index (χ4v) is 4.24. The molecule has 0 aliphatic carbocycles. The van der Waals surface area contributed by atoms with E-state index in [-0.39, 0.29) is 22.4 Å². The summed E-state index contributed by atoms with van der Waals surface area (Å²) in [5, 5.41) is 15.0. The summed E-state index contributed by atoms with van der Waals surface area (Å²) in [5.41, 5.74) is 2.27. The third kappa shape index (κ3) is 9.17. The van der Waals surface area contributed by atoms with Crippen LogP contribution in [0.25, 0.3) is 0 Å². The molecule has 3 rings (SSSR count). The molecule has 7 nitrogen and oxygen atoms in total. The number of thioether (sulfide) groups is 1. The number of aliphatic hydroxyl groups is 1. The van der Waals surface area contributed by atoms with E-state index in [4.69, 9.17) is 9.47 Å². The number of nitrogens with one attached hydrogen (secondary N) is 2. The van der Waals surface area contributed by atoms with Gasteiger partial charge in [0.1, 0.15) is 12.4 Å². The lowest BCUT2D eigenvalue weighted by atomic mass is 10.1. The molecule has 1 aliphatic heterocycles. The molecule has 0 saturated carbocycles. The maximum absolute atomic E-state index is 11.7. The standard InChI is InChI=1S/C25H32N2O5S/c1-18(26-15-21(28)17-31-13-5-8-19-6-3-2-4-7-19)16-32-22-11-9-20(10-12-22)14-23-24(29)27-25(30)33-23/h2-4,6-7,9-12,18,21,23,26,28H,5,8,13-17H2,1H3,(H,27,29,30). The van der Waals surface area contributed by atoms with Crippen LogP contribution in [0.15, 0.2) is 54.6 Å². The Morgan fingerprint density at radius 3 is 2.52 bits per heavy atom. The topological polar surface area (TPSA) is 96.9 Å². The number of carbonyl (C=O) groups excluding carboxylic acids is 2. The van der Waals surface area contributed by atoms with Gasteiger partial charge in [0.25, 0.3) is 5.24 Å². The van der Waals surface area contributed by atoms with Crippen LogP contribution in [0.5, 0.6) is 5.75 Å². The van der Waals surface area contributed by atoms with Crippen LogP contribution in [0.3, 0.4) is 0 Å². The smallest absolute Gasteiger partial charge is 0.286 e. The van der Waals surface area contributed by atoms with Crippen molar-refractivity contribution in [3.8, 4) is 5.75 Å². The van der Waals surface area contributed by atoms with Crippen molar-refractivity contribution in [2.24, 2.45) is 0 Å². The summed E-state index contributed by atoms with van der Waals surface area (Å²) in [7, 11) is 0. The number of amides is 2. The zero-order chi connectivity index (χ0) is 23.5. The molecular weight excluding hydrogens is 440 g/mol. The van der Waals surface area contributed by atoms with Gasteiger partial charge in [-0.05, 0) is 49.4 Å². The van der Waals surface area contributed by atoms with E-state index in [9.17, 15) is 14.7 Å². The highest BCUT2D eigenvalue weighted by atomic mass is 32.2. The highest BCUT2D eigenvalue weighted by Gasteiger charge is 2.31. The highest BCUT2D eigenvalue weighted by molar-refractivity contribution is 8.15. The van der Waals surface area contributed by atoms with Gasteiger partial charge in [-0.15, -0.1) is 0 Å². The monoisotopic (exact) mass is 472 g/mol. The molecule has 3 unspecified atom stereocenters. The van der Waals surface area contributed by atoms with Crippen LogP contribution >= 0.6 is 11.8 Å². The maximum Gasteiger partial charge on any atom is 0.286 e. The number of ether oxygens (including phenoxy) is 2. The molecule has 3 atom stereocenters. The molecule has 0 bridgehead atoms. The normalized spacial score (nSPS) is 17.6. The lowest BCUT2D eigenvalue weighted by Crippen LogP contribution is -2.39. The van der Waals surface area contributed by atoms with Crippen molar-refractivity contribution in [2.45, 2.75) is 43.6 Å². The molecule has 0 spiro atoms. The van der Waals surface area contributed by atoms with Crippen molar-refractivity contribution in [2.75, 3.05) is 26.4 Å². The third-order valence-corrected chi connectivity index (χ3v) is 6.20.